The van der Waals surface area contributed by atoms with E-state index in [2.05, 4.69) is 26.0 Å². The Balaban J connectivity index is 2.12. The van der Waals surface area contributed by atoms with Crippen LogP contribution < -0.4 is 0 Å². The molecule has 0 aromatic heterocycles. The van der Waals surface area contributed by atoms with Gasteiger partial charge in [-0.3, -0.25) is 4.79 Å². The van der Waals surface area contributed by atoms with Crippen molar-refractivity contribution in [2.24, 2.45) is 11.8 Å². The number of benzene rings is 1. The minimum Gasteiger partial charge on any atom is -0.342 e. The van der Waals surface area contributed by atoms with Gasteiger partial charge in [0.2, 0.25) is 5.91 Å². The van der Waals surface area contributed by atoms with Gasteiger partial charge in [-0.1, -0.05) is 50.6 Å². The van der Waals surface area contributed by atoms with Crippen molar-refractivity contribution in [1.82, 2.24) is 4.90 Å². The lowest BCUT2D eigenvalue weighted by Crippen LogP contribution is -2.42. The van der Waals surface area contributed by atoms with E-state index in [9.17, 15) is 4.79 Å². The maximum atomic E-state index is 13.0. The topological polar surface area (TPSA) is 20.3 Å². The number of carbonyl (C=O) groups is 1. The van der Waals surface area contributed by atoms with Gasteiger partial charge in [-0.15, -0.1) is 11.6 Å². The van der Waals surface area contributed by atoms with Gasteiger partial charge in [0.15, 0.2) is 0 Å². The fourth-order valence-corrected chi connectivity index (χ4v) is 3.42. The van der Waals surface area contributed by atoms with E-state index in [-0.39, 0.29) is 5.92 Å². The molecule has 1 amide bonds. The molecule has 2 atom stereocenters. The summed E-state index contributed by atoms with van der Waals surface area (Å²) in [7, 11) is 0. The molecule has 2 unspecified atom stereocenters. The molecule has 0 saturated carbocycles. The highest BCUT2D eigenvalue weighted by molar-refractivity contribution is 6.18. The summed E-state index contributed by atoms with van der Waals surface area (Å²) < 4.78 is 0. The van der Waals surface area contributed by atoms with Crippen molar-refractivity contribution in [3.63, 3.8) is 0 Å². The molecule has 0 radical (unpaired) electrons. The first-order valence-corrected chi connectivity index (χ1v) is 8.60. The fourth-order valence-electron chi connectivity index (χ4n) is 3.11. The van der Waals surface area contributed by atoms with Crippen LogP contribution in [0.1, 0.15) is 44.6 Å². The van der Waals surface area contributed by atoms with Gasteiger partial charge in [-0.05, 0) is 30.2 Å². The molecule has 1 aromatic rings. The second-order valence-electron chi connectivity index (χ2n) is 6.20. The third-order valence-corrected chi connectivity index (χ3v) is 5.22. The predicted octanol–water partition coefficient (Wildman–Crippen LogP) is 4.29. The van der Waals surface area contributed by atoms with Crippen molar-refractivity contribution < 1.29 is 4.79 Å². The van der Waals surface area contributed by atoms with Crippen LogP contribution in [0, 0.1) is 11.8 Å². The van der Waals surface area contributed by atoms with E-state index in [1.165, 1.54) is 0 Å². The van der Waals surface area contributed by atoms with E-state index < -0.39 is 0 Å². The van der Waals surface area contributed by atoms with Crippen LogP contribution in [0.25, 0.3) is 0 Å². The SMILES string of the molecule is CCC(C)C(C(=O)N1CCC(CCl)CC1)c1ccccc1. The molecule has 1 aliphatic rings. The highest BCUT2D eigenvalue weighted by atomic mass is 35.5. The smallest absolute Gasteiger partial charge is 0.230 e. The van der Waals surface area contributed by atoms with Crippen LogP contribution in [-0.4, -0.2) is 29.8 Å². The standard InChI is InChI=1S/C18H26ClNO/c1-3-14(2)17(16-7-5-4-6-8-16)18(21)20-11-9-15(13-19)10-12-20/h4-8,14-15,17H,3,9-13H2,1-2H3. The van der Waals surface area contributed by atoms with Crippen LogP contribution in [0.4, 0.5) is 0 Å². The minimum absolute atomic E-state index is 0.0104. The molecule has 1 aliphatic heterocycles. The number of hydrogen-bond donors (Lipinski definition) is 0. The highest BCUT2D eigenvalue weighted by Crippen LogP contribution is 2.30. The van der Waals surface area contributed by atoms with E-state index in [0.29, 0.717) is 17.7 Å². The molecule has 0 spiro atoms. The summed E-state index contributed by atoms with van der Waals surface area (Å²) in [6.45, 7) is 6.06. The number of halogens is 1. The number of likely N-dealkylation sites (tertiary alicyclic amines) is 1. The summed E-state index contributed by atoms with van der Waals surface area (Å²) in [5.74, 6) is 1.95. The lowest BCUT2D eigenvalue weighted by Gasteiger charge is -2.35. The van der Waals surface area contributed by atoms with E-state index in [4.69, 9.17) is 11.6 Å². The quantitative estimate of drug-likeness (QED) is 0.743. The van der Waals surface area contributed by atoms with Gasteiger partial charge >= 0.3 is 0 Å². The number of carbonyl (C=O) groups excluding carboxylic acids is 1. The van der Waals surface area contributed by atoms with E-state index in [1.54, 1.807) is 0 Å². The largest absolute Gasteiger partial charge is 0.342 e. The minimum atomic E-state index is -0.0104. The first kappa shape index (κ1) is 16.4. The average molecular weight is 308 g/mol. The van der Waals surface area contributed by atoms with Gasteiger partial charge in [0.05, 0.1) is 5.92 Å². The maximum Gasteiger partial charge on any atom is 0.230 e. The van der Waals surface area contributed by atoms with Crippen molar-refractivity contribution in [3.8, 4) is 0 Å². The highest BCUT2D eigenvalue weighted by Gasteiger charge is 2.31. The van der Waals surface area contributed by atoms with Crippen LogP contribution in [0.2, 0.25) is 0 Å². The number of piperidine rings is 1. The molecule has 21 heavy (non-hydrogen) atoms. The molecule has 2 rings (SSSR count). The molecule has 0 N–H and O–H groups in total. The monoisotopic (exact) mass is 307 g/mol. The molecule has 116 valence electrons. The van der Waals surface area contributed by atoms with Crippen molar-refractivity contribution in [3.05, 3.63) is 35.9 Å². The van der Waals surface area contributed by atoms with Crippen molar-refractivity contribution >= 4 is 17.5 Å². The van der Waals surface area contributed by atoms with Crippen molar-refractivity contribution in [1.29, 1.82) is 0 Å². The van der Waals surface area contributed by atoms with Crippen molar-refractivity contribution in [2.45, 2.75) is 39.0 Å². The molecule has 2 nitrogen and oxygen atoms in total. The second kappa shape index (κ2) is 7.84. The van der Waals surface area contributed by atoms with E-state index in [0.717, 1.165) is 43.8 Å². The lowest BCUT2D eigenvalue weighted by atomic mass is 9.84. The van der Waals surface area contributed by atoms with Crippen molar-refractivity contribution in [2.75, 3.05) is 19.0 Å². The Morgan fingerprint density at radius 3 is 2.43 bits per heavy atom. The number of rotatable bonds is 5. The Morgan fingerprint density at radius 1 is 1.29 bits per heavy atom. The van der Waals surface area contributed by atoms with Gasteiger partial charge in [0.1, 0.15) is 0 Å². The van der Waals surface area contributed by atoms with Gasteiger partial charge in [0.25, 0.3) is 0 Å². The van der Waals surface area contributed by atoms with Crippen LogP contribution >= 0.6 is 11.6 Å². The molecule has 1 saturated heterocycles. The molecular formula is C18H26ClNO. The fraction of sp³-hybridized carbons (Fsp3) is 0.611. The normalized spacial score (nSPS) is 19.3. The Labute approximate surface area is 133 Å². The summed E-state index contributed by atoms with van der Waals surface area (Å²) in [6, 6.07) is 10.2. The van der Waals surface area contributed by atoms with Gasteiger partial charge in [-0.2, -0.15) is 0 Å². The molecule has 1 aromatic carbocycles. The van der Waals surface area contributed by atoms with Gasteiger partial charge < -0.3 is 4.90 Å². The van der Waals surface area contributed by atoms with Gasteiger partial charge in [0, 0.05) is 19.0 Å². The Hall–Kier alpha value is -1.02. The molecule has 0 bridgehead atoms. The first-order chi connectivity index (χ1) is 10.2. The molecular weight excluding hydrogens is 282 g/mol. The molecule has 3 heteroatoms. The van der Waals surface area contributed by atoms with Gasteiger partial charge in [-0.25, -0.2) is 0 Å². The third kappa shape index (κ3) is 4.00. The molecule has 1 fully saturated rings. The Morgan fingerprint density at radius 2 is 1.90 bits per heavy atom. The summed E-state index contributed by atoms with van der Waals surface area (Å²) in [5.41, 5.74) is 1.15. The first-order valence-electron chi connectivity index (χ1n) is 8.07. The van der Waals surface area contributed by atoms with Crippen LogP contribution in [0.5, 0.6) is 0 Å². The summed E-state index contributed by atoms with van der Waals surface area (Å²) in [4.78, 5) is 15.0. The molecule has 1 heterocycles. The number of alkyl halides is 1. The van der Waals surface area contributed by atoms with E-state index >= 15 is 0 Å². The zero-order valence-electron chi connectivity index (χ0n) is 13.1. The lowest BCUT2D eigenvalue weighted by molar-refractivity contribution is -0.135. The van der Waals surface area contributed by atoms with Crippen LogP contribution in [-0.2, 0) is 4.79 Å². The number of hydrogen-bond acceptors (Lipinski definition) is 1. The Bertz CT molecular complexity index is 440. The average Bonchev–Trinajstić information content (AvgIpc) is 2.55. The predicted molar refractivity (Wildman–Crippen MR) is 88.7 cm³/mol. The zero-order chi connectivity index (χ0) is 15.2. The summed E-state index contributed by atoms with van der Waals surface area (Å²) in [6.07, 6.45) is 3.10. The van der Waals surface area contributed by atoms with Crippen LogP contribution in [0.3, 0.4) is 0 Å². The van der Waals surface area contributed by atoms with E-state index in [1.807, 2.05) is 23.1 Å². The Kier molecular flexibility index (Phi) is 6.10. The van der Waals surface area contributed by atoms with Crippen LogP contribution in [0.15, 0.2) is 30.3 Å². The molecule has 0 aliphatic carbocycles. The second-order valence-corrected chi connectivity index (χ2v) is 6.51. The number of nitrogens with zero attached hydrogens (tertiary/aromatic N) is 1. The third-order valence-electron chi connectivity index (χ3n) is 4.78. The summed E-state index contributed by atoms with van der Waals surface area (Å²) >= 11 is 5.94. The zero-order valence-corrected chi connectivity index (χ0v) is 13.9. The maximum absolute atomic E-state index is 13.0. The number of amides is 1. The summed E-state index contributed by atoms with van der Waals surface area (Å²) in [5, 5.41) is 0.